The van der Waals surface area contributed by atoms with Crippen molar-refractivity contribution in [3.63, 3.8) is 0 Å². The van der Waals surface area contributed by atoms with Gasteiger partial charge >= 0.3 is 0 Å². The smallest absolute Gasteiger partial charge is 0.123 e. The molecule has 2 unspecified atom stereocenters. The summed E-state index contributed by atoms with van der Waals surface area (Å²) in [6, 6.07) is 6.60. The van der Waals surface area contributed by atoms with Crippen molar-refractivity contribution >= 4 is 11.6 Å². The molecule has 4 heteroatoms. The lowest BCUT2D eigenvalue weighted by atomic mass is 10.1. The van der Waals surface area contributed by atoms with Crippen molar-refractivity contribution in [3.05, 3.63) is 28.8 Å². The van der Waals surface area contributed by atoms with E-state index >= 15 is 0 Å². The molecule has 1 saturated heterocycles. The number of nitrogens with one attached hydrogen (secondary N) is 1. The van der Waals surface area contributed by atoms with Crippen LogP contribution in [0.5, 0.6) is 5.75 Å². The summed E-state index contributed by atoms with van der Waals surface area (Å²) in [5.41, 5.74) is 1.24. The maximum Gasteiger partial charge on any atom is 0.123 e. The second-order valence-corrected chi connectivity index (χ2v) is 6.22. The number of likely N-dealkylation sites (tertiary alicyclic amines) is 1. The summed E-state index contributed by atoms with van der Waals surface area (Å²) in [7, 11) is 0. The van der Waals surface area contributed by atoms with Gasteiger partial charge in [0, 0.05) is 30.6 Å². The van der Waals surface area contributed by atoms with Crippen molar-refractivity contribution in [1.82, 2.24) is 10.2 Å². The number of rotatable bonds is 5. The Kier molecular flexibility index (Phi) is 4.49. The van der Waals surface area contributed by atoms with Gasteiger partial charge in [0.05, 0.1) is 0 Å². The summed E-state index contributed by atoms with van der Waals surface area (Å²) in [6.45, 7) is 6.66. The highest BCUT2D eigenvalue weighted by atomic mass is 35.5. The van der Waals surface area contributed by atoms with Crippen LogP contribution in [0.25, 0.3) is 0 Å². The number of nitrogens with zero attached hydrogens (tertiary/aromatic N) is 1. The van der Waals surface area contributed by atoms with E-state index in [9.17, 15) is 0 Å². The van der Waals surface area contributed by atoms with Crippen LogP contribution in [0.3, 0.4) is 0 Å². The molecule has 3 rings (SSSR count). The van der Waals surface area contributed by atoms with E-state index in [1.807, 2.05) is 18.2 Å². The summed E-state index contributed by atoms with van der Waals surface area (Å²) in [5, 5.41) is 4.38. The Labute approximate surface area is 126 Å². The van der Waals surface area contributed by atoms with E-state index in [0.717, 1.165) is 36.8 Å². The monoisotopic (exact) mass is 294 g/mol. The van der Waals surface area contributed by atoms with Gasteiger partial charge in [-0.05, 0) is 49.7 Å². The van der Waals surface area contributed by atoms with Crippen molar-refractivity contribution in [3.8, 4) is 5.75 Å². The third kappa shape index (κ3) is 3.11. The fourth-order valence-corrected chi connectivity index (χ4v) is 3.55. The van der Waals surface area contributed by atoms with E-state index in [2.05, 4.69) is 17.1 Å². The minimum absolute atomic E-state index is 0.250. The first-order chi connectivity index (χ1) is 9.76. The standard InChI is InChI=1S/C16H23ClN2O/c1-2-19-7-3-4-14(19)10-18-11-15-9-12-8-13(17)5-6-16(12)20-15/h5-6,8,14-15,18H,2-4,7,9-11H2,1H3. The van der Waals surface area contributed by atoms with Crippen molar-refractivity contribution < 1.29 is 4.74 Å². The molecule has 1 aromatic rings. The minimum atomic E-state index is 0.250. The highest BCUT2D eigenvalue weighted by molar-refractivity contribution is 6.30. The first-order valence-corrected chi connectivity index (χ1v) is 8.04. The van der Waals surface area contributed by atoms with Gasteiger partial charge in [-0.2, -0.15) is 0 Å². The Morgan fingerprint density at radius 1 is 1.40 bits per heavy atom. The van der Waals surface area contributed by atoms with E-state index in [4.69, 9.17) is 16.3 Å². The van der Waals surface area contributed by atoms with Crippen molar-refractivity contribution in [1.29, 1.82) is 0 Å². The predicted octanol–water partition coefficient (Wildman–Crippen LogP) is 2.72. The molecule has 2 aliphatic heterocycles. The molecule has 0 saturated carbocycles. The number of benzene rings is 1. The lowest BCUT2D eigenvalue weighted by molar-refractivity contribution is 0.213. The fraction of sp³-hybridized carbons (Fsp3) is 0.625. The van der Waals surface area contributed by atoms with Gasteiger partial charge in [-0.15, -0.1) is 0 Å². The second kappa shape index (κ2) is 6.33. The Balaban J connectivity index is 1.45. The van der Waals surface area contributed by atoms with E-state index in [1.54, 1.807) is 0 Å². The summed E-state index contributed by atoms with van der Waals surface area (Å²) >= 11 is 6.02. The number of fused-ring (bicyclic) bond motifs is 1. The summed E-state index contributed by atoms with van der Waals surface area (Å²) < 4.78 is 5.95. The van der Waals surface area contributed by atoms with E-state index < -0.39 is 0 Å². The van der Waals surface area contributed by atoms with Crippen LogP contribution in [0.1, 0.15) is 25.3 Å². The molecule has 0 aliphatic carbocycles. The Morgan fingerprint density at radius 3 is 3.15 bits per heavy atom. The van der Waals surface area contributed by atoms with Gasteiger partial charge in [0.1, 0.15) is 11.9 Å². The molecule has 2 heterocycles. The summed E-state index contributed by atoms with van der Waals surface area (Å²) in [5.74, 6) is 0.997. The van der Waals surface area contributed by atoms with Gasteiger partial charge in [-0.1, -0.05) is 18.5 Å². The lowest BCUT2D eigenvalue weighted by Gasteiger charge is -2.23. The van der Waals surface area contributed by atoms with Crippen molar-refractivity contribution in [2.45, 2.75) is 38.3 Å². The maximum absolute atomic E-state index is 6.02. The van der Waals surface area contributed by atoms with Crippen LogP contribution in [0.15, 0.2) is 18.2 Å². The third-order valence-corrected chi connectivity index (χ3v) is 4.66. The number of halogens is 1. The zero-order valence-corrected chi connectivity index (χ0v) is 12.8. The highest BCUT2D eigenvalue weighted by Crippen LogP contribution is 2.30. The molecule has 1 fully saturated rings. The molecular weight excluding hydrogens is 272 g/mol. The number of ether oxygens (including phenoxy) is 1. The molecule has 0 aromatic heterocycles. The minimum Gasteiger partial charge on any atom is -0.488 e. The van der Waals surface area contributed by atoms with Gasteiger partial charge in [-0.3, -0.25) is 4.90 Å². The molecule has 2 atom stereocenters. The molecule has 0 spiro atoms. The number of hydrogen-bond acceptors (Lipinski definition) is 3. The highest BCUT2D eigenvalue weighted by Gasteiger charge is 2.25. The molecule has 0 amide bonds. The Morgan fingerprint density at radius 2 is 2.30 bits per heavy atom. The van der Waals surface area contributed by atoms with Crippen molar-refractivity contribution in [2.24, 2.45) is 0 Å². The van der Waals surface area contributed by atoms with Gasteiger partial charge in [0.15, 0.2) is 0 Å². The molecule has 1 aromatic carbocycles. The average molecular weight is 295 g/mol. The van der Waals surface area contributed by atoms with Gasteiger partial charge in [-0.25, -0.2) is 0 Å². The first-order valence-electron chi connectivity index (χ1n) is 7.66. The number of hydrogen-bond donors (Lipinski definition) is 1. The van der Waals surface area contributed by atoms with Crippen LogP contribution in [-0.4, -0.2) is 43.2 Å². The van der Waals surface area contributed by atoms with Crippen LogP contribution in [0.4, 0.5) is 0 Å². The molecule has 2 aliphatic rings. The fourth-order valence-electron chi connectivity index (χ4n) is 3.36. The van der Waals surface area contributed by atoms with Crippen LogP contribution in [-0.2, 0) is 6.42 Å². The molecule has 3 nitrogen and oxygen atoms in total. The first kappa shape index (κ1) is 14.2. The second-order valence-electron chi connectivity index (χ2n) is 5.78. The van der Waals surface area contributed by atoms with E-state index in [-0.39, 0.29) is 6.10 Å². The predicted molar refractivity (Wildman–Crippen MR) is 82.7 cm³/mol. The largest absolute Gasteiger partial charge is 0.488 e. The molecular formula is C16H23ClN2O. The van der Waals surface area contributed by atoms with Crippen molar-refractivity contribution in [2.75, 3.05) is 26.2 Å². The van der Waals surface area contributed by atoms with Gasteiger partial charge < -0.3 is 10.1 Å². The molecule has 1 N–H and O–H groups in total. The molecule has 0 radical (unpaired) electrons. The average Bonchev–Trinajstić information content (AvgIpc) is 3.04. The van der Waals surface area contributed by atoms with Crippen LogP contribution >= 0.6 is 11.6 Å². The molecule has 20 heavy (non-hydrogen) atoms. The van der Waals surface area contributed by atoms with E-state index in [1.165, 1.54) is 24.9 Å². The SMILES string of the molecule is CCN1CCCC1CNCC1Cc2cc(Cl)ccc2O1. The lowest BCUT2D eigenvalue weighted by Crippen LogP contribution is -2.41. The van der Waals surface area contributed by atoms with Crippen LogP contribution < -0.4 is 10.1 Å². The summed E-state index contributed by atoms with van der Waals surface area (Å²) in [6.07, 6.45) is 3.87. The normalized spacial score (nSPS) is 25.7. The van der Waals surface area contributed by atoms with Gasteiger partial charge in [0.25, 0.3) is 0 Å². The molecule has 0 bridgehead atoms. The zero-order chi connectivity index (χ0) is 13.9. The van der Waals surface area contributed by atoms with E-state index in [0.29, 0.717) is 6.04 Å². The topological polar surface area (TPSA) is 24.5 Å². The van der Waals surface area contributed by atoms with Gasteiger partial charge in [0.2, 0.25) is 0 Å². The Bertz CT molecular complexity index is 466. The van der Waals surface area contributed by atoms with Crippen LogP contribution in [0.2, 0.25) is 5.02 Å². The zero-order valence-electron chi connectivity index (χ0n) is 12.1. The Hall–Kier alpha value is -0.770. The quantitative estimate of drug-likeness (QED) is 0.904. The summed E-state index contributed by atoms with van der Waals surface area (Å²) in [4.78, 5) is 2.57. The number of likely N-dealkylation sites (N-methyl/N-ethyl adjacent to an activating group) is 1. The third-order valence-electron chi connectivity index (χ3n) is 4.42. The molecule has 110 valence electrons. The maximum atomic E-state index is 6.02. The van der Waals surface area contributed by atoms with Crippen LogP contribution in [0, 0.1) is 0 Å².